The van der Waals surface area contributed by atoms with Gasteiger partial charge < -0.3 is 15.1 Å². The molecule has 0 radical (unpaired) electrons. The van der Waals surface area contributed by atoms with Crippen molar-refractivity contribution in [3.63, 3.8) is 0 Å². The van der Waals surface area contributed by atoms with E-state index in [1.165, 1.54) is 0 Å². The fourth-order valence-electron chi connectivity index (χ4n) is 3.49. The predicted molar refractivity (Wildman–Crippen MR) is 75.4 cm³/mol. The average Bonchev–Trinajstić information content (AvgIpc) is 3.15. The maximum absolute atomic E-state index is 12.7. The maximum Gasteiger partial charge on any atom is 0.317 e. The summed E-state index contributed by atoms with van der Waals surface area (Å²) in [7, 11) is 3.97. The molecule has 3 amide bonds. The molecule has 3 fully saturated rings. The summed E-state index contributed by atoms with van der Waals surface area (Å²) in [6.45, 7) is 3.03. The van der Waals surface area contributed by atoms with Crippen molar-refractivity contribution in [2.75, 3.05) is 40.3 Å². The highest BCUT2D eigenvalue weighted by atomic mass is 16.2. The van der Waals surface area contributed by atoms with E-state index in [1.54, 1.807) is 0 Å². The molecule has 6 nitrogen and oxygen atoms in total. The van der Waals surface area contributed by atoms with Gasteiger partial charge in [0.15, 0.2) is 0 Å². The second kappa shape index (κ2) is 4.91. The summed E-state index contributed by atoms with van der Waals surface area (Å²) in [5.74, 6) is 0.256. The third kappa shape index (κ3) is 2.16. The van der Waals surface area contributed by atoms with Crippen LogP contribution in [0.2, 0.25) is 0 Å². The summed E-state index contributed by atoms with van der Waals surface area (Å²) in [4.78, 5) is 30.4. The highest BCUT2D eigenvalue weighted by molar-refractivity contribution is 5.89. The van der Waals surface area contributed by atoms with Gasteiger partial charge in [-0.05, 0) is 39.8 Å². The first-order chi connectivity index (χ1) is 9.54. The predicted octanol–water partition coefficient (Wildman–Crippen LogP) is 0.0968. The van der Waals surface area contributed by atoms with Gasteiger partial charge in [0.2, 0.25) is 5.91 Å². The number of nitrogens with zero attached hydrogens (tertiary/aromatic N) is 3. The highest BCUT2D eigenvalue weighted by Crippen LogP contribution is 2.42. The largest absolute Gasteiger partial charge is 0.339 e. The van der Waals surface area contributed by atoms with E-state index in [4.69, 9.17) is 0 Å². The number of piperidine rings is 1. The van der Waals surface area contributed by atoms with Crippen LogP contribution in [0.25, 0.3) is 0 Å². The number of carbonyl (C=O) groups is 2. The van der Waals surface area contributed by atoms with Crippen LogP contribution >= 0.6 is 0 Å². The fourth-order valence-corrected chi connectivity index (χ4v) is 3.49. The van der Waals surface area contributed by atoms with Crippen LogP contribution in [0, 0.1) is 0 Å². The lowest BCUT2D eigenvalue weighted by atomic mass is 10.0. The topological polar surface area (TPSA) is 55.9 Å². The molecule has 0 aromatic rings. The SMILES string of the molecule is CN(C)C1(C(=O)N2CCCC(N3CCNC3=O)C2)CC1. The molecule has 1 unspecified atom stereocenters. The molecule has 20 heavy (non-hydrogen) atoms. The zero-order chi connectivity index (χ0) is 14.3. The summed E-state index contributed by atoms with van der Waals surface area (Å²) >= 11 is 0. The summed E-state index contributed by atoms with van der Waals surface area (Å²) in [6, 6.07) is 0.214. The van der Waals surface area contributed by atoms with Gasteiger partial charge in [0, 0.05) is 26.2 Å². The zero-order valence-electron chi connectivity index (χ0n) is 12.4. The number of hydrogen-bond acceptors (Lipinski definition) is 3. The van der Waals surface area contributed by atoms with E-state index in [-0.39, 0.29) is 23.5 Å². The van der Waals surface area contributed by atoms with E-state index in [2.05, 4.69) is 10.2 Å². The van der Waals surface area contributed by atoms with Crippen LogP contribution in [0.4, 0.5) is 4.79 Å². The van der Waals surface area contributed by atoms with Crippen LogP contribution in [-0.4, -0.2) is 78.5 Å². The third-order valence-electron chi connectivity index (χ3n) is 4.99. The normalized spacial score (nSPS) is 28.8. The molecule has 0 aromatic heterocycles. The molecule has 0 bridgehead atoms. The Morgan fingerprint density at radius 3 is 2.65 bits per heavy atom. The van der Waals surface area contributed by atoms with Crippen LogP contribution < -0.4 is 5.32 Å². The minimum atomic E-state index is -0.255. The number of nitrogens with one attached hydrogen (secondary N) is 1. The molecule has 0 aromatic carbocycles. The molecule has 2 heterocycles. The molecule has 112 valence electrons. The van der Waals surface area contributed by atoms with E-state index in [0.717, 1.165) is 45.3 Å². The van der Waals surface area contributed by atoms with Crippen LogP contribution in [-0.2, 0) is 4.79 Å². The van der Waals surface area contributed by atoms with Gasteiger partial charge in [-0.1, -0.05) is 0 Å². The average molecular weight is 280 g/mol. The molecule has 0 spiro atoms. The summed E-state index contributed by atoms with van der Waals surface area (Å²) < 4.78 is 0. The number of carbonyl (C=O) groups excluding carboxylic acids is 2. The molecule has 3 aliphatic rings. The minimum Gasteiger partial charge on any atom is -0.339 e. The van der Waals surface area contributed by atoms with E-state index < -0.39 is 0 Å². The van der Waals surface area contributed by atoms with Crippen molar-refractivity contribution < 1.29 is 9.59 Å². The Morgan fingerprint density at radius 1 is 1.35 bits per heavy atom. The first-order valence-corrected chi connectivity index (χ1v) is 7.56. The Morgan fingerprint density at radius 2 is 2.10 bits per heavy atom. The number of hydrogen-bond donors (Lipinski definition) is 1. The fraction of sp³-hybridized carbons (Fsp3) is 0.857. The van der Waals surface area contributed by atoms with Crippen molar-refractivity contribution in [1.29, 1.82) is 0 Å². The van der Waals surface area contributed by atoms with Crippen LogP contribution in [0.5, 0.6) is 0 Å². The van der Waals surface area contributed by atoms with Crippen molar-refractivity contribution in [1.82, 2.24) is 20.0 Å². The van der Waals surface area contributed by atoms with Crippen molar-refractivity contribution in [2.45, 2.75) is 37.3 Å². The first-order valence-electron chi connectivity index (χ1n) is 7.56. The molecule has 2 saturated heterocycles. The third-order valence-corrected chi connectivity index (χ3v) is 4.99. The molecule has 2 aliphatic heterocycles. The lowest BCUT2D eigenvalue weighted by Crippen LogP contribution is -2.55. The second-order valence-corrected chi connectivity index (χ2v) is 6.40. The first kappa shape index (κ1) is 13.7. The Bertz CT molecular complexity index is 419. The summed E-state index contributed by atoms with van der Waals surface area (Å²) in [5.41, 5.74) is -0.255. The number of likely N-dealkylation sites (N-methyl/N-ethyl adjacent to an activating group) is 1. The molecule has 1 N–H and O–H groups in total. The quantitative estimate of drug-likeness (QED) is 0.797. The monoisotopic (exact) mass is 280 g/mol. The standard InChI is InChI=1S/C14H24N4O2/c1-16(2)14(5-6-14)12(19)17-8-3-4-11(10-17)18-9-7-15-13(18)20/h11H,3-10H2,1-2H3,(H,15,20). The highest BCUT2D eigenvalue weighted by Gasteiger charge is 2.54. The van der Waals surface area contributed by atoms with E-state index in [9.17, 15) is 9.59 Å². The Labute approximate surface area is 120 Å². The molecule has 1 saturated carbocycles. The number of likely N-dealkylation sites (tertiary alicyclic amines) is 1. The van der Waals surface area contributed by atoms with Gasteiger partial charge in [-0.25, -0.2) is 4.79 Å². The smallest absolute Gasteiger partial charge is 0.317 e. The molecular formula is C14H24N4O2. The van der Waals surface area contributed by atoms with Gasteiger partial charge in [-0.15, -0.1) is 0 Å². The molecular weight excluding hydrogens is 256 g/mol. The number of urea groups is 1. The Hall–Kier alpha value is -1.30. The van der Waals surface area contributed by atoms with Gasteiger partial charge in [0.25, 0.3) is 0 Å². The van der Waals surface area contributed by atoms with Crippen molar-refractivity contribution in [3.05, 3.63) is 0 Å². The Kier molecular flexibility index (Phi) is 3.36. The van der Waals surface area contributed by atoms with E-state index in [0.29, 0.717) is 6.54 Å². The van der Waals surface area contributed by atoms with Gasteiger partial charge in [0.05, 0.1) is 6.04 Å². The van der Waals surface area contributed by atoms with Crippen LogP contribution in [0.15, 0.2) is 0 Å². The van der Waals surface area contributed by atoms with Gasteiger partial charge in [-0.2, -0.15) is 0 Å². The number of rotatable bonds is 3. The van der Waals surface area contributed by atoms with E-state index >= 15 is 0 Å². The van der Waals surface area contributed by atoms with Gasteiger partial charge in [-0.3, -0.25) is 9.69 Å². The van der Waals surface area contributed by atoms with Crippen LogP contribution in [0.1, 0.15) is 25.7 Å². The lowest BCUT2D eigenvalue weighted by molar-refractivity contribution is -0.139. The van der Waals surface area contributed by atoms with Crippen molar-refractivity contribution in [2.24, 2.45) is 0 Å². The second-order valence-electron chi connectivity index (χ2n) is 6.40. The van der Waals surface area contributed by atoms with Crippen molar-refractivity contribution >= 4 is 11.9 Å². The summed E-state index contributed by atoms with van der Waals surface area (Å²) in [5, 5.41) is 2.85. The maximum atomic E-state index is 12.7. The minimum absolute atomic E-state index is 0.0260. The van der Waals surface area contributed by atoms with Crippen molar-refractivity contribution in [3.8, 4) is 0 Å². The van der Waals surface area contributed by atoms with Crippen LogP contribution in [0.3, 0.4) is 0 Å². The number of amides is 3. The molecule has 1 aliphatic carbocycles. The summed E-state index contributed by atoms with van der Waals surface area (Å²) in [6.07, 6.45) is 3.92. The zero-order valence-corrected chi connectivity index (χ0v) is 12.4. The lowest BCUT2D eigenvalue weighted by Gasteiger charge is -2.39. The van der Waals surface area contributed by atoms with Gasteiger partial charge >= 0.3 is 6.03 Å². The molecule has 6 heteroatoms. The Balaban J connectivity index is 1.66. The van der Waals surface area contributed by atoms with Gasteiger partial charge in [0.1, 0.15) is 5.54 Å². The molecule has 1 atom stereocenters. The molecule has 3 rings (SSSR count). The van der Waals surface area contributed by atoms with E-state index in [1.807, 2.05) is 23.9 Å².